The zero-order valence-corrected chi connectivity index (χ0v) is 11.2. The molecule has 2 nitrogen and oxygen atoms in total. The molecule has 0 aromatic rings. The molecule has 1 aliphatic carbocycles. The molecule has 0 aromatic heterocycles. The lowest BCUT2D eigenvalue weighted by Gasteiger charge is -2.36. The quantitative estimate of drug-likeness (QED) is 0.556. The van der Waals surface area contributed by atoms with Gasteiger partial charge in [-0.2, -0.15) is 0 Å². The van der Waals surface area contributed by atoms with E-state index in [4.69, 9.17) is 17.4 Å². The van der Waals surface area contributed by atoms with Gasteiger partial charge in [-0.3, -0.25) is 0 Å². The van der Waals surface area contributed by atoms with Gasteiger partial charge >= 0.3 is 5.97 Å². The van der Waals surface area contributed by atoms with E-state index in [-0.39, 0.29) is 11.0 Å². The molecule has 0 spiro atoms. The third-order valence-electron chi connectivity index (χ3n) is 3.45. The minimum Gasteiger partial charge on any atom is -0.458 e. The van der Waals surface area contributed by atoms with E-state index in [1.165, 1.54) is 6.42 Å². The Bertz CT molecular complexity index is 273. The van der Waals surface area contributed by atoms with Crippen molar-refractivity contribution < 1.29 is 9.53 Å². The van der Waals surface area contributed by atoms with Gasteiger partial charge in [0, 0.05) is 0 Å². The first kappa shape index (κ1) is 13.5. The first-order valence-electron chi connectivity index (χ1n) is 5.98. The van der Waals surface area contributed by atoms with Crippen LogP contribution in [0.3, 0.4) is 0 Å². The highest BCUT2D eigenvalue weighted by molar-refractivity contribution is 7.85. The van der Waals surface area contributed by atoms with Gasteiger partial charge in [-0.1, -0.05) is 46.4 Å². The van der Waals surface area contributed by atoms with Gasteiger partial charge in [-0.25, -0.2) is 4.79 Å². The predicted molar refractivity (Wildman–Crippen MR) is 68.0 cm³/mol. The Kier molecular flexibility index (Phi) is 4.78. The van der Waals surface area contributed by atoms with Crippen molar-refractivity contribution >= 4 is 18.6 Å². The normalized spacial score (nSPS) is 30.1. The molecule has 3 unspecified atom stereocenters. The van der Waals surface area contributed by atoms with Gasteiger partial charge in [0.1, 0.15) is 11.0 Å². The van der Waals surface area contributed by atoms with Gasteiger partial charge < -0.3 is 4.74 Å². The molecule has 3 atom stereocenters. The fourth-order valence-electron chi connectivity index (χ4n) is 2.45. The first-order chi connectivity index (χ1) is 7.41. The summed E-state index contributed by atoms with van der Waals surface area (Å²) in [5, 5.41) is 0. The topological polar surface area (TPSA) is 26.3 Å². The van der Waals surface area contributed by atoms with Crippen molar-refractivity contribution in [2.24, 2.45) is 17.8 Å². The summed E-state index contributed by atoms with van der Waals surface area (Å²) < 4.78 is 5.45. The largest absolute Gasteiger partial charge is 0.458 e. The number of hydrogen-bond donors (Lipinski definition) is 0. The molecule has 0 amide bonds. The van der Waals surface area contributed by atoms with E-state index < -0.39 is 5.97 Å². The van der Waals surface area contributed by atoms with Crippen molar-refractivity contribution in [2.75, 3.05) is 0 Å². The molecule has 91 valence electrons. The van der Waals surface area contributed by atoms with Gasteiger partial charge in [0.15, 0.2) is 0 Å². The summed E-state index contributed by atoms with van der Waals surface area (Å²) in [5.41, 5.74) is 0. The Morgan fingerprint density at radius 1 is 1.44 bits per heavy atom. The summed E-state index contributed by atoms with van der Waals surface area (Å²) in [5.74, 6) is 1.23. The van der Waals surface area contributed by atoms with Crippen LogP contribution in [-0.2, 0) is 9.53 Å². The molecule has 0 bridgehead atoms. The number of esters is 1. The lowest BCUT2D eigenvalue weighted by molar-refractivity contribution is -0.150. The smallest absolute Gasteiger partial charge is 0.348 e. The summed E-state index contributed by atoms with van der Waals surface area (Å²) >= 11 is 4.73. The summed E-state index contributed by atoms with van der Waals surface area (Å²) in [6.07, 6.45) is 3.35. The molecule has 0 heterocycles. The zero-order chi connectivity index (χ0) is 12.3. The number of ether oxygens (including phenoxy) is 1. The highest BCUT2D eigenvalue weighted by atomic mass is 32.1. The van der Waals surface area contributed by atoms with Crippen molar-refractivity contribution in [2.45, 2.75) is 46.1 Å². The van der Waals surface area contributed by atoms with Crippen LogP contribution < -0.4 is 0 Å². The second-order valence-electron chi connectivity index (χ2n) is 5.19. The summed E-state index contributed by atoms with van der Waals surface area (Å²) in [7, 11) is 0. The van der Waals surface area contributed by atoms with Crippen molar-refractivity contribution in [3.05, 3.63) is 11.5 Å². The van der Waals surface area contributed by atoms with Crippen molar-refractivity contribution in [3.63, 3.8) is 0 Å². The van der Waals surface area contributed by atoms with Crippen LogP contribution >= 0.6 is 12.6 Å². The van der Waals surface area contributed by atoms with Crippen LogP contribution in [0.15, 0.2) is 11.5 Å². The van der Waals surface area contributed by atoms with Gasteiger partial charge in [0.2, 0.25) is 0 Å². The number of rotatable bonds is 3. The third-order valence-corrected chi connectivity index (χ3v) is 3.61. The molecule has 0 aromatic carbocycles. The molecule has 0 aliphatic heterocycles. The number of carbonyl (C=O) groups excluding carboxylic acids is 1. The van der Waals surface area contributed by atoms with Crippen molar-refractivity contribution in [1.82, 2.24) is 0 Å². The summed E-state index contributed by atoms with van der Waals surface area (Å²) in [6.45, 7) is 10.0. The minimum absolute atomic E-state index is 0.0240. The maximum atomic E-state index is 11.5. The Labute approximate surface area is 104 Å². The van der Waals surface area contributed by atoms with E-state index in [0.29, 0.717) is 17.8 Å². The van der Waals surface area contributed by atoms with Crippen LogP contribution in [0.5, 0.6) is 0 Å². The van der Waals surface area contributed by atoms with E-state index in [9.17, 15) is 4.79 Å². The fourth-order valence-corrected chi connectivity index (χ4v) is 2.50. The van der Waals surface area contributed by atoms with Crippen LogP contribution in [0.25, 0.3) is 0 Å². The molecule has 0 N–H and O–H groups in total. The molecule has 16 heavy (non-hydrogen) atoms. The van der Waals surface area contributed by atoms with E-state index in [1.54, 1.807) is 0 Å². The molecule has 1 saturated carbocycles. The van der Waals surface area contributed by atoms with Crippen LogP contribution in [0, 0.1) is 17.8 Å². The molecule has 1 fully saturated rings. The fraction of sp³-hybridized carbons (Fsp3) is 0.769. The van der Waals surface area contributed by atoms with Gasteiger partial charge in [-0.15, -0.1) is 0 Å². The average Bonchev–Trinajstić information content (AvgIpc) is 2.16. The maximum Gasteiger partial charge on any atom is 0.348 e. The van der Waals surface area contributed by atoms with E-state index in [2.05, 4.69) is 27.4 Å². The lowest BCUT2D eigenvalue weighted by atomic mass is 9.75. The van der Waals surface area contributed by atoms with Crippen LogP contribution in [0.1, 0.15) is 40.0 Å². The summed E-state index contributed by atoms with van der Waals surface area (Å²) in [4.78, 5) is 11.5. The standard InChI is InChI=1S/C13H21O2S/c1-8(2)11-6-5-9(3)7-12(11)15-13(14)10(4)16/h8-9,11-12H,4-7H2,1-3H3. The Balaban J connectivity index is 2.64. The second-order valence-corrected chi connectivity index (χ2v) is 5.69. The Hall–Kier alpha value is -0.570. The number of carbonyl (C=O) groups is 1. The highest BCUT2D eigenvalue weighted by Gasteiger charge is 2.33. The van der Waals surface area contributed by atoms with Gasteiger partial charge in [0.05, 0.1) is 0 Å². The highest BCUT2D eigenvalue weighted by Crippen LogP contribution is 2.35. The van der Waals surface area contributed by atoms with Gasteiger partial charge in [-0.05, 0) is 30.6 Å². The minimum atomic E-state index is -0.417. The Morgan fingerprint density at radius 3 is 2.56 bits per heavy atom. The van der Waals surface area contributed by atoms with Gasteiger partial charge in [0.25, 0.3) is 0 Å². The zero-order valence-electron chi connectivity index (χ0n) is 10.4. The van der Waals surface area contributed by atoms with Crippen molar-refractivity contribution in [3.8, 4) is 0 Å². The molecule has 0 saturated heterocycles. The SMILES string of the molecule is C=C([S])C(=O)OC1CC(C)CCC1C(C)C. The van der Waals surface area contributed by atoms with E-state index in [0.717, 1.165) is 12.8 Å². The van der Waals surface area contributed by atoms with E-state index >= 15 is 0 Å². The van der Waals surface area contributed by atoms with Crippen LogP contribution in [0.2, 0.25) is 0 Å². The molecule has 3 heteroatoms. The summed E-state index contributed by atoms with van der Waals surface area (Å²) in [6, 6.07) is 0. The molecule has 1 rings (SSSR count). The molecular weight excluding hydrogens is 220 g/mol. The average molecular weight is 241 g/mol. The first-order valence-corrected chi connectivity index (χ1v) is 6.39. The van der Waals surface area contributed by atoms with Crippen molar-refractivity contribution in [1.29, 1.82) is 0 Å². The van der Waals surface area contributed by atoms with Crippen LogP contribution in [-0.4, -0.2) is 12.1 Å². The monoisotopic (exact) mass is 241 g/mol. The lowest BCUT2D eigenvalue weighted by Crippen LogP contribution is -2.35. The van der Waals surface area contributed by atoms with Crippen LogP contribution in [0.4, 0.5) is 0 Å². The Morgan fingerprint density at radius 2 is 2.06 bits per heavy atom. The number of hydrogen-bond acceptors (Lipinski definition) is 2. The predicted octanol–water partition coefficient (Wildman–Crippen LogP) is 3.70. The molecule has 1 aliphatic rings. The molecular formula is C13H21O2S. The third kappa shape index (κ3) is 3.48. The maximum absolute atomic E-state index is 11.5. The molecule has 1 radical (unpaired) electrons. The van der Waals surface area contributed by atoms with E-state index in [1.807, 2.05) is 0 Å². The second kappa shape index (κ2) is 5.67.